The highest BCUT2D eigenvalue weighted by Gasteiger charge is 2.19. The number of fused-ring (bicyclic) bond motifs is 3. The summed E-state index contributed by atoms with van der Waals surface area (Å²) in [7, 11) is 1.59. The number of aryl methyl sites for hydroxylation is 2. The van der Waals surface area contributed by atoms with Crippen LogP contribution in [0.1, 0.15) is 26.0 Å². The smallest absolute Gasteiger partial charge is 0.404 e. The largest absolute Gasteiger partial charge is 0.489 e. The Bertz CT molecular complexity index is 1210. The number of aromatic nitrogens is 2. The van der Waals surface area contributed by atoms with Gasteiger partial charge in [0.15, 0.2) is 11.5 Å². The molecule has 0 bridgehead atoms. The molecule has 2 unspecified atom stereocenters. The molecule has 2 heterocycles. The van der Waals surface area contributed by atoms with Crippen molar-refractivity contribution in [1.29, 1.82) is 0 Å². The molecule has 0 aliphatic heterocycles. The van der Waals surface area contributed by atoms with Gasteiger partial charge in [-0.2, -0.15) is 8.78 Å². The van der Waals surface area contributed by atoms with Crippen LogP contribution < -0.4 is 20.3 Å². The van der Waals surface area contributed by atoms with Gasteiger partial charge in [0, 0.05) is 36.1 Å². The zero-order valence-corrected chi connectivity index (χ0v) is 18.2. The fourth-order valence-corrected chi connectivity index (χ4v) is 3.85. The van der Waals surface area contributed by atoms with Crippen LogP contribution in [0.15, 0.2) is 29.2 Å². The van der Waals surface area contributed by atoms with E-state index in [9.17, 15) is 18.4 Å². The fourth-order valence-electron chi connectivity index (χ4n) is 3.85. The predicted octanol–water partition coefficient (Wildman–Crippen LogP) is 4.06. The monoisotopic (exact) mass is 449 g/mol. The van der Waals surface area contributed by atoms with Gasteiger partial charge < -0.3 is 24.5 Å². The molecule has 32 heavy (non-hydrogen) atoms. The van der Waals surface area contributed by atoms with E-state index in [1.54, 1.807) is 33.2 Å². The highest BCUT2D eigenvalue weighted by Crippen LogP contribution is 2.36. The second kappa shape index (κ2) is 9.37. The van der Waals surface area contributed by atoms with Crippen LogP contribution in [0.25, 0.3) is 21.7 Å². The molecule has 0 spiro atoms. The highest BCUT2D eigenvalue weighted by atomic mass is 19.3. The van der Waals surface area contributed by atoms with Crippen molar-refractivity contribution in [3.63, 3.8) is 0 Å². The lowest BCUT2D eigenvalue weighted by Crippen LogP contribution is -2.33. The Morgan fingerprint density at radius 2 is 1.97 bits per heavy atom. The Morgan fingerprint density at radius 1 is 1.25 bits per heavy atom. The van der Waals surface area contributed by atoms with Gasteiger partial charge >= 0.3 is 12.7 Å². The van der Waals surface area contributed by atoms with E-state index in [4.69, 9.17) is 14.6 Å². The Hall–Kier alpha value is -3.43. The summed E-state index contributed by atoms with van der Waals surface area (Å²) in [5.74, 6) is -0.157. The van der Waals surface area contributed by atoms with Crippen molar-refractivity contribution in [3.05, 3.63) is 40.4 Å². The van der Waals surface area contributed by atoms with E-state index >= 15 is 0 Å². The van der Waals surface area contributed by atoms with Gasteiger partial charge in [-0.1, -0.05) is 6.92 Å². The highest BCUT2D eigenvalue weighted by molar-refractivity contribution is 6.07. The molecule has 10 heteroatoms. The summed E-state index contributed by atoms with van der Waals surface area (Å²) in [6, 6.07) is 4.31. The zero-order valence-electron chi connectivity index (χ0n) is 18.2. The molecule has 0 radical (unpaired) electrons. The number of nitrogens with zero attached hydrogens (tertiary/aromatic N) is 2. The number of pyridine rings is 2. The van der Waals surface area contributed by atoms with Gasteiger partial charge in [-0.25, -0.2) is 4.79 Å². The quantitative estimate of drug-likeness (QED) is 0.503. The van der Waals surface area contributed by atoms with Crippen molar-refractivity contribution >= 4 is 27.8 Å². The maximum Gasteiger partial charge on any atom is 0.404 e. The van der Waals surface area contributed by atoms with Crippen molar-refractivity contribution < 1.29 is 28.2 Å². The first-order valence-corrected chi connectivity index (χ1v) is 10.1. The number of halogens is 2. The van der Waals surface area contributed by atoms with Crippen molar-refractivity contribution in [1.82, 2.24) is 14.9 Å². The third-order valence-electron chi connectivity index (χ3n) is 5.24. The SMILES string of the molecule is Cc1nccc2c1c(=O)n(C)c1cc(OCC(C)CC(C)NC(=O)O)c(OC(F)F)cc21. The number of benzene rings is 1. The number of hydrogen-bond acceptors (Lipinski definition) is 5. The van der Waals surface area contributed by atoms with Gasteiger partial charge in [-0.15, -0.1) is 0 Å². The van der Waals surface area contributed by atoms with Gasteiger partial charge in [-0.3, -0.25) is 9.78 Å². The Labute approximate surface area is 182 Å². The minimum Gasteiger partial charge on any atom is -0.489 e. The summed E-state index contributed by atoms with van der Waals surface area (Å²) in [5.41, 5.74) is 0.784. The topological polar surface area (TPSA) is 103 Å². The van der Waals surface area contributed by atoms with Crippen LogP contribution in [0.5, 0.6) is 11.5 Å². The molecule has 2 atom stereocenters. The van der Waals surface area contributed by atoms with Crippen LogP contribution in [0.2, 0.25) is 0 Å². The summed E-state index contributed by atoms with van der Waals surface area (Å²) in [5, 5.41) is 12.7. The molecular weight excluding hydrogens is 424 g/mol. The molecule has 0 saturated carbocycles. The molecule has 8 nitrogen and oxygen atoms in total. The minimum absolute atomic E-state index is 0.0728. The van der Waals surface area contributed by atoms with Crippen LogP contribution in [0.4, 0.5) is 13.6 Å². The molecule has 0 fully saturated rings. The van der Waals surface area contributed by atoms with Gasteiger partial charge in [0.25, 0.3) is 5.56 Å². The summed E-state index contributed by atoms with van der Waals surface area (Å²) in [6.07, 6.45) is 0.925. The van der Waals surface area contributed by atoms with Gasteiger partial charge in [-0.05, 0) is 38.3 Å². The minimum atomic E-state index is -3.06. The normalized spacial score (nSPS) is 13.3. The van der Waals surface area contributed by atoms with Crippen molar-refractivity contribution in [2.75, 3.05) is 6.61 Å². The van der Waals surface area contributed by atoms with Crippen LogP contribution in [-0.4, -0.2) is 40.0 Å². The van der Waals surface area contributed by atoms with Crippen molar-refractivity contribution in [3.8, 4) is 11.5 Å². The first-order valence-electron chi connectivity index (χ1n) is 10.1. The molecule has 2 N–H and O–H groups in total. The van der Waals surface area contributed by atoms with Crippen LogP contribution >= 0.6 is 0 Å². The molecule has 0 aliphatic carbocycles. The number of carboxylic acid groups (broad SMARTS) is 1. The summed E-state index contributed by atoms with van der Waals surface area (Å²) < 4.78 is 38.1. The predicted molar refractivity (Wildman–Crippen MR) is 116 cm³/mol. The zero-order chi connectivity index (χ0) is 23.6. The molecular formula is C22H25F2N3O5. The molecule has 1 amide bonds. The standard InChI is InChI=1S/C22H25F2N3O5/c1-11(7-12(2)26-22(29)30)10-31-17-9-16-15(8-18(17)32-21(23)24)14-5-6-25-13(3)19(14)20(28)27(16)4/h5-6,8-9,11-12,21,26H,7,10H2,1-4H3,(H,29,30). The lowest BCUT2D eigenvalue weighted by atomic mass is 10.0. The Kier molecular flexibility index (Phi) is 6.81. The number of amides is 1. The van der Waals surface area contributed by atoms with E-state index in [1.165, 1.54) is 16.7 Å². The third kappa shape index (κ3) is 4.90. The fraction of sp³-hybridized carbons (Fsp3) is 0.409. The average molecular weight is 449 g/mol. The van der Waals surface area contributed by atoms with Crippen LogP contribution in [0, 0.1) is 12.8 Å². The lowest BCUT2D eigenvalue weighted by molar-refractivity contribution is -0.0515. The summed E-state index contributed by atoms with van der Waals surface area (Å²) in [4.78, 5) is 27.8. The molecule has 172 valence electrons. The number of ether oxygens (including phenoxy) is 2. The van der Waals surface area contributed by atoms with E-state index in [2.05, 4.69) is 10.3 Å². The van der Waals surface area contributed by atoms with Crippen LogP contribution in [0.3, 0.4) is 0 Å². The number of nitrogens with one attached hydrogen (secondary N) is 1. The third-order valence-corrected chi connectivity index (χ3v) is 5.24. The number of alkyl halides is 2. The van der Waals surface area contributed by atoms with Gasteiger partial charge in [0.1, 0.15) is 0 Å². The molecule has 3 aromatic rings. The number of hydrogen-bond donors (Lipinski definition) is 2. The molecule has 3 rings (SSSR count). The first kappa shape index (κ1) is 23.2. The Morgan fingerprint density at radius 3 is 2.62 bits per heavy atom. The van der Waals surface area contributed by atoms with Crippen molar-refractivity contribution in [2.24, 2.45) is 13.0 Å². The molecule has 0 saturated heterocycles. The second-order valence-corrected chi connectivity index (χ2v) is 7.88. The molecule has 1 aromatic carbocycles. The van der Waals surface area contributed by atoms with E-state index in [0.717, 1.165) is 0 Å². The Balaban J connectivity index is 2.02. The summed E-state index contributed by atoms with van der Waals surface area (Å²) in [6.45, 7) is 2.37. The van der Waals surface area contributed by atoms with Crippen LogP contribution in [-0.2, 0) is 7.05 Å². The van der Waals surface area contributed by atoms with E-state index in [0.29, 0.717) is 33.8 Å². The van der Waals surface area contributed by atoms with E-state index in [-0.39, 0.29) is 35.6 Å². The maximum absolute atomic E-state index is 13.1. The first-order chi connectivity index (χ1) is 15.1. The summed E-state index contributed by atoms with van der Waals surface area (Å²) >= 11 is 0. The van der Waals surface area contributed by atoms with Gasteiger partial charge in [0.2, 0.25) is 0 Å². The molecule has 0 aliphatic rings. The van der Waals surface area contributed by atoms with E-state index < -0.39 is 12.7 Å². The number of carbonyl (C=O) groups is 1. The lowest BCUT2D eigenvalue weighted by Gasteiger charge is -2.20. The van der Waals surface area contributed by atoms with Crippen molar-refractivity contribution in [2.45, 2.75) is 39.8 Å². The maximum atomic E-state index is 13.1. The van der Waals surface area contributed by atoms with E-state index in [1.807, 2.05) is 6.92 Å². The molecule has 2 aromatic heterocycles. The second-order valence-electron chi connectivity index (χ2n) is 7.88. The average Bonchev–Trinajstić information content (AvgIpc) is 2.69. The number of rotatable bonds is 8. The van der Waals surface area contributed by atoms with Gasteiger partial charge in [0.05, 0.1) is 23.2 Å².